The van der Waals surface area contributed by atoms with Gasteiger partial charge in [0, 0.05) is 17.0 Å². The Hall–Kier alpha value is -2.06. The average Bonchev–Trinajstić information content (AvgIpc) is 2.78. The molecule has 1 N–H and O–H groups in total. The molecule has 0 bridgehead atoms. The second-order valence-electron chi connectivity index (χ2n) is 3.93. The number of nitrogens with zero attached hydrogens (tertiary/aromatic N) is 1. The summed E-state index contributed by atoms with van der Waals surface area (Å²) in [6, 6.07) is 4.00. The molecular formula is C12H9F2NO4S. The van der Waals surface area contributed by atoms with Gasteiger partial charge in [-0.15, -0.1) is 0 Å². The molecule has 2 aromatic rings. The standard InChI is InChI=1S/C12H9F2NO4S/c1-6(16)11-5-10(15(17)18)12(20-11)19-7-2-3-8(13)9(14)4-7/h2-6,16H,1H3/t6-/m0/s1. The highest BCUT2D eigenvalue weighted by molar-refractivity contribution is 7.14. The van der Waals surface area contributed by atoms with Crippen LogP contribution in [0.1, 0.15) is 17.9 Å². The molecule has 8 heteroatoms. The van der Waals surface area contributed by atoms with E-state index in [2.05, 4.69) is 0 Å². The Morgan fingerprint density at radius 3 is 2.60 bits per heavy atom. The maximum atomic E-state index is 13.0. The van der Waals surface area contributed by atoms with E-state index < -0.39 is 22.7 Å². The highest BCUT2D eigenvalue weighted by Crippen LogP contribution is 2.42. The number of halogens is 2. The average molecular weight is 301 g/mol. The summed E-state index contributed by atoms with van der Waals surface area (Å²) >= 11 is 0.871. The smallest absolute Gasteiger partial charge is 0.323 e. The summed E-state index contributed by atoms with van der Waals surface area (Å²) in [5.74, 6) is -2.22. The number of aliphatic hydroxyl groups excluding tert-OH is 1. The Balaban J connectivity index is 2.36. The van der Waals surface area contributed by atoms with Crippen molar-refractivity contribution in [2.75, 3.05) is 0 Å². The van der Waals surface area contributed by atoms with Crippen molar-refractivity contribution in [3.63, 3.8) is 0 Å². The molecule has 5 nitrogen and oxygen atoms in total. The Labute approximate surface area is 116 Å². The number of ether oxygens (including phenoxy) is 1. The summed E-state index contributed by atoms with van der Waals surface area (Å²) in [5, 5.41) is 20.2. The molecule has 0 saturated carbocycles. The maximum absolute atomic E-state index is 13.0. The van der Waals surface area contributed by atoms with Crippen molar-refractivity contribution < 1.29 is 23.5 Å². The van der Waals surface area contributed by atoms with Gasteiger partial charge in [0.1, 0.15) is 5.75 Å². The SMILES string of the molecule is C[C@H](O)c1cc([N+](=O)[O-])c(Oc2ccc(F)c(F)c2)s1. The second-order valence-corrected chi connectivity index (χ2v) is 4.98. The first-order chi connectivity index (χ1) is 9.38. The van der Waals surface area contributed by atoms with Gasteiger partial charge in [-0.1, -0.05) is 11.3 Å². The summed E-state index contributed by atoms with van der Waals surface area (Å²) in [6.45, 7) is 1.46. The van der Waals surface area contributed by atoms with Crippen LogP contribution in [0, 0.1) is 21.7 Å². The topological polar surface area (TPSA) is 72.6 Å². The van der Waals surface area contributed by atoms with E-state index in [1.807, 2.05) is 0 Å². The number of thiophene rings is 1. The largest absolute Gasteiger partial charge is 0.440 e. The number of hydrogen-bond donors (Lipinski definition) is 1. The molecule has 0 spiro atoms. The molecule has 1 aromatic heterocycles. The fourth-order valence-corrected chi connectivity index (χ4v) is 2.37. The second kappa shape index (κ2) is 5.51. The molecule has 1 atom stereocenters. The number of aliphatic hydroxyl groups is 1. The van der Waals surface area contributed by atoms with Gasteiger partial charge < -0.3 is 9.84 Å². The third kappa shape index (κ3) is 2.91. The van der Waals surface area contributed by atoms with E-state index in [1.165, 1.54) is 13.0 Å². The van der Waals surface area contributed by atoms with E-state index >= 15 is 0 Å². The minimum Gasteiger partial charge on any atom is -0.440 e. The van der Waals surface area contributed by atoms with E-state index in [0.29, 0.717) is 4.88 Å². The van der Waals surface area contributed by atoms with Crippen LogP contribution < -0.4 is 4.74 Å². The minimum absolute atomic E-state index is 0.0639. The number of benzene rings is 1. The summed E-state index contributed by atoms with van der Waals surface area (Å²) in [6.07, 6.45) is -0.888. The van der Waals surface area contributed by atoms with Crippen LogP contribution in [-0.2, 0) is 0 Å². The Bertz CT molecular complexity index is 657. The van der Waals surface area contributed by atoms with Crippen molar-refractivity contribution >= 4 is 17.0 Å². The van der Waals surface area contributed by atoms with Gasteiger partial charge in [-0.2, -0.15) is 0 Å². The van der Waals surface area contributed by atoms with Gasteiger partial charge in [0.05, 0.1) is 11.0 Å². The third-order valence-corrected chi connectivity index (χ3v) is 3.58. The lowest BCUT2D eigenvalue weighted by atomic mass is 10.3. The molecule has 0 saturated heterocycles. The van der Waals surface area contributed by atoms with E-state index in [4.69, 9.17) is 4.74 Å². The number of nitro groups is 1. The van der Waals surface area contributed by atoms with Crippen LogP contribution in [0.4, 0.5) is 14.5 Å². The summed E-state index contributed by atoms with van der Waals surface area (Å²) < 4.78 is 31.0. The lowest BCUT2D eigenvalue weighted by Crippen LogP contribution is -1.91. The van der Waals surface area contributed by atoms with Crippen molar-refractivity contribution in [3.8, 4) is 10.8 Å². The zero-order chi connectivity index (χ0) is 14.9. The minimum atomic E-state index is -1.11. The Kier molecular flexibility index (Phi) is 3.96. The van der Waals surface area contributed by atoms with Crippen LogP contribution >= 0.6 is 11.3 Å². The van der Waals surface area contributed by atoms with Crippen molar-refractivity contribution in [2.45, 2.75) is 13.0 Å². The fourth-order valence-electron chi connectivity index (χ4n) is 1.44. The molecule has 20 heavy (non-hydrogen) atoms. The molecular weight excluding hydrogens is 292 g/mol. The quantitative estimate of drug-likeness (QED) is 0.689. The highest BCUT2D eigenvalue weighted by atomic mass is 32.1. The van der Waals surface area contributed by atoms with Gasteiger partial charge in [-0.25, -0.2) is 8.78 Å². The van der Waals surface area contributed by atoms with Gasteiger partial charge in [-0.3, -0.25) is 10.1 Å². The van der Waals surface area contributed by atoms with Gasteiger partial charge in [-0.05, 0) is 19.1 Å². The zero-order valence-corrected chi connectivity index (χ0v) is 11.0. The van der Waals surface area contributed by atoms with Crippen LogP contribution in [0.2, 0.25) is 0 Å². The molecule has 0 aliphatic carbocycles. The van der Waals surface area contributed by atoms with Crippen molar-refractivity contribution in [2.24, 2.45) is 0 Å². The van der Waals surface area contributed by atoms with E-state index in [9.17, 15) is 24.0 Å². The highest BCUT2D eigenvalue weighted by Gasteiger charge is 2.23. The zero-order valence-electron chi connectivity index (χ0n) is 10.2. The van der Waals surface area contributed by atoms with Crippen molar-refractivity contribution in [1.29, 1.82) is 0 Å². The molecule has 0 fully saturated rings. The first-order valence-corrected chi connectivity index (χ1v) is 6.29. The molecule has 0 aliphatic heterocycles. The molecule has 1 aromatic carbocycles. The van der Waals surface area contributed by atoms with Gasteiger partial charge in [0.15, 0.2) is 11.6 Å². The first-order valence-electron chi connectivity index (χ1n) is 5.47. The Morgan fingerprint density at radius 2 is 2.05 bits per heavy atom. The lowest BCUT2D eigenvalue weighted by Gasteiger charge is -2.03. The molecule has 2 rings (SSSR count). The first kappa shape index (κ1) is 14.4. The maximum Gasteiger partial charge on any atom is 0.323 e. The predicted octanol–water partition coefficient (Wildman–Crippen LogP) is 3.78. The lowest BCUT2D eigenvalue weighted by molar-refractivity contribution is -0.385. The molecule has 0 radical (unpaired) electrons. The monoisotopic (exact) mass is 301 g/mol. The molecule has 1 heterocycles. The molecule has 0 unspecified atom stereocenters. The van der Waals surface area contributed by atoms with Gasteiger partial charge in [0.25, 0.3) is 5.06 Å². The summed E-state index contributed by atoms with van der Waals surface area (Å²) in [4.78, 5) is 10.6. The molecule has 0 amide bonds. The van der Waals surface area contributed by atoms with Gasteiger partial charge in [0.2, 0.25) is 0 Å². The van der Waals surface area contributed by atoms with E-state index in [1.54, 1.807) is 0 Å². The van der Waals surface area contributed by atoms with Gasteiger partial charge >= 0.3 is 5.69 Å². The summed E-state index contributed by atoms with van der Waals surface area (Å²) in [7, 11) is 0. The fraction of sp³-hybridized carbons (Fsp3) is 0.167. The number of hydrogen-bond acceptors (Lipinski definition) is 5. The van der Waals surface area contributed by atoms with E-state index in [-0.39, 0.29) is 16.5 Å². The third-order valence-electron chi connectivity index (χ3n) is 2.41. The van der Waals surface area contributed by atoms with Crippen LogP contribution in [0.15, 0.2) is 24.3 Å². The van der Waals surface area contributed by atoms with Crippen LogP contribution in [-0.4, -0.2) is 10.0 Å². The van der Waals surface area contributed by atoms with Crippen molar-refractivity contribution in [3.05, 3.63) is 50.9 Å². The number of rotatable bonds is 4. The normalized spacial score (nSPS) is 12.2. The van der Waals surface area contributed by atoms with Crippen molar-refractivity contribution in [1.82, 2.24) is 0 Å². The molecule has 106 valence electrons. The Morgan fingerprint density at radius 1 is 1.35 bits per heavy atom. The predicted molar refractivity (Wildman–Crippen MR) is 68.0 cm³/mol. The van der Waals surface area contributed by atoms with E-state index in [0.717, 1.165) is 29.5 Å². The summed E-state index contributed by atoms with van der Waals surface area (Å²) in [5.41, 5.74) is -0.337. The van der Waals surface area contributed by atoms with Crippen LogP contribution in [0.5, 0.6) is 10.8 Å². The molecule has 0 aliphatic rings. The van der Waals surface area contributed by atoms with Crippen LogP contribution in [0.3, 0.4) is 0 Å². The van der Waals surface area contributed by atoms with Crippen LogP contribution in [0.25, 0.3) is 0 Å².